The predicted molar refractivity (Wildman–Crippen MR) is 121 cm³/mol. The van der Waals surface area contributed by atoms with E-state index in [4.69, 9.17) is 5.26 Å². The molecule has 1 aromatic heterocycles. The monoisotopic (exact) mass is 458 g/mol. The first-order valence-electron chi connectivity index (χ1n) is 10.8. The van der Waals surface area contributed by atoms with Gasteiger partial charge >= 0.3 is 6.03 Å². The molecular formula is C25H20F2N6O. The second kappa shape index (κ2) is 9.00. The van der Waals surface area contributed by atoms with E-state index >= 15 is 0 Å². The summed E-state index contributed by atoms with van der Waals surface area (Å²) in [6.45, 7) is 2.04. The van der Waals surface area contributed by atoms with Gasteiger partial charge in [0.1, 0.15) is 17.2 Å². The molecule has 0 unspecified atom stereocenters. The van der Waals surface area contributed by atoms with Crippen LogP contribution in [-0.2, 0) is 0 Å². The number of nitrogens with zero attached hydrogens (tertiary/aromatic N) is 6. The molecule has 1 amide bonds. The van der Waals surface area contributed by atoms with E-state index < -0.39 is 0 Å². The van der Waals surface area contributed by atoms with Crippen LogP contribution in [0.2, 0.25) is 0 Å². The number of aromatic nitrogens is 3. The lowest BCUT2D eigenvalue weighted by Crippen LogP contribution is -2.51. The first kappa shape index (κ1) is 21.7. The van der Waals surface area contributed by atoms with Crippen molar-refractivity contribution in [1.29, 1.82) is 5.26 Å². The van der Waals surface area contributed by atoms with E-state index in [1.54, 1.807) is 47.4 Å². The van der Waals surface area contributed by atoms with Crippen LogP contribution in [0.4, 0.5) is 13.6 Å². The summed E-state index contributed by atoms with van der Waals surface area (Å²) >= 11 is 0. The van der Waals surface area contributed by atoms with Crippen LogP contribution in [0.3, 0.4) is 0 Å². The molecule has 1 aliphatic heterocycles. The molecule has 4 aromatic rings. The number of halogens is 2. The normalized spacial score (nSPS) is 14.5. The van der Waals surface area contributed by atoms with Gasteiger partial charge in [0.05, 0.1) is 23.2 Å². The number of carbonyl (C=O) groups excluding carboxylic acids is 1. The quantitative estimate of drug-likeness (QED) is 0.465. The Bertz CT molecular complexity index is 1320. The van der Waals surface area contributed by atoms with Gasteiger partial charge in [0.25, 0.3) is 0 Å². The van der Waals surface area contributed by atoms with Crippen molar-refractivity contribution in [2.24, 2.45) is 0 Å². The molecule has 9 heteroatoms. The van der Waals surface area contributed by atoms with Gasteiger partial charge in [0, 0.05) is 26.2 Å². The summed E-state index contributed by atoms with van der Waals surface area (Å²) < 4.78 is 28.3. The van der Waals surface area contributed by atoms with Crippen LogP contribution in [0.15, 0.2) is 66.7 Å². The number of hydrogen-bond acceptors (Lipinski definition) is 5. The van der Waals surface area contributed by atoms with E-state index in [9.17, 15) is 13.6 Å². The molecular weight excluding hydrogens is 438 g/mol. The molecule has 0 spiro atoms. The summed E-state index contributed by atoms with van der Waals surface area (Å²) in [7, 11) is 0. The average Bonchev–Trinajstić information content (AvgIpc) is 3.29. The van der Waals surface area contributed by atoms with E-state index in [2.05, 4.69) is 15.2 Å². The van der Waals surface area contributed by atoms with Gasteiger partial charge in [-0.1, -0.05) is 29.5 Å². The summed E-state index contributed by atoms with van der Waals surface area (Å²) in [5.74, 6) is -0.641. The first-order valence-corrected chi connectivity index (χ1v) is 10.8. The minimum atomic E-state index is -0.320. The molecule has 1 aliphatic rings. The van der Waals surface area contributed by atoms with E-state index in [-0.39, 0.29) is 23.7 Å². The van der Waals surface area contributed by atoms with Crippen LogP contribution < -0.4 is 0 Å². The molecule has 170 valence electrons. The maximum atomic E-state index is 13.5. The molecule has 0 N–H and O–H groups in total. The molecule has 3 aromatic carbocycles. The Kier molecular flexibility index (Phi) is 5.74. The highest BCUT2D eigenvalue weighted by atomic mass is 19.1. The molecule has 0 saturated carbocycles. The highest BCUT2D eigenvalue weighted by Crippen LogP contribution is 2.30. The van der Waals surface area contributed by atoms with E-state index in [1.165, 1.54) is 28.9 Å². The van der Waals surface area contributed by atoms with Crippen LogP contribution in [0.1, 0.15) is 22.7 Å². The van der Waals surface area contributed by atoms with Crippen LogP contribution in [0.5, 0.6) is 0 Å². The van der Waals surface area contributed by atoms with Gasteiger partial charge in [0.15, 0.2) is 0 Å². The molecule has 5 rings (SSSR count). The lowest BCUT2D eigenvalue weighted by Gasteiger charge is -2.39. The fourth-order valence-corrected chi connectivity index (χ4v) is 4.34. The molecule has 34 heavy (non-hydrogen) atoms. The third-order valence-corrected chi connectivity index (χ3v) is 6.08. The second-order valence-electron chi connectivity index (χ2n) is 8.13. The van der Waals surface area contributed by atoms with Crippen molar-refractivity contribution in [1.82, 2.24) is 24.8 Å². The van der Waals surface area contributed by atoms with Gasteiger partial charge in [-0.3, -0.25) is 4.90 Å². The molecule has 0 radical (unpaired) electrons. The smallest absolute Gasteiger partial charge is 0.320 e. The van der Waals surface area contributed by atoms with Gasteiger partial charge in [-0.05, 0) is 53.6 Å². The summed E-state index contributed by atoms with van der Waals surface area (Å²) in [4.78, 5) is 17.0. The Hall–Kier alpha value is -4.16. The van der Waals surface area contributed by atoms with E-state index in [1.807, 2.05) is 6.07 Å². The number of amides is 1. The SMILES string of the molecule is N#Cc1ccc2c(c1)nnn2C(=O)N1CCN(C(c2ccc(F)cc2)c2ccc(F)cc2)CC1. The number of hydrogen-bond donors (Lipinski definition) is 0. The van der Waals surface area contributed by atoms with E-state index in [0.29, 0.717) is 42.8 Å². The Morgan fingerprint density at radius 3 is 2.03 bits per heavy atom. The predicted octanol–water partition coefficient (Wildman–Crippen LogP) is 3.96. The minimum Gasteiger partial charge on any atom is -0.320 e. The summed E-state index contributed by atoms with van der Waals surface area (Å²) in [6.07, 6.45) is 0. The fourth-order valence-electron chi connectivity index (χ4n) is 4.34. The first-order chi connectivity index (χ1) is 16.5. The Morgan fingerprint density at radius 1 is 0.882 bits per heavy atom. The van der Waals surface area contributed by atoms with Crippen molar-refractivity contribution >= 4 is 17.1 Å². The highest BCUT2D eigenvalue weighted by Gasteiger charge is 2.29. The Morgan fingerprint density at radius 2 is 1.47 bits per heavy atom. The Labute approximate surface area is 194 Å². The number of carbonyl (C=O) groups is 1. The fraction of sp³-hybridized carbons (Fsp3) is 0.200. The lowest BCUT2D eigenvalue weighted by molar-refractivity contribution is 0.120. The molecule has 2 heterocycles. The number of rotatable bonds is 3. The van der Waals surface area contributed by atoms with Gasteiger partial charge < -0.3 is 4.90 Å². The van der Waals surface area contributed by atoms with Gasteiger partial charge in [-0.2, -0.15) is 9.94 Å². The lowest BCUT2D eigenvalue weighted by atomic mass is 9.96. The molecule has 0 aliphatic carbocycles. The Balaban J connectivity index is 1.36. The number of benzene rings is 3. The zero-order valence-corrected chi connectivity index (χ0v) is 18.1. The van der Waals surface area contributed by atoms with Crippen LogP contribution in [-0.4, -0.2) is 57.0 Å². The van der Waals surface area contributed by atoms with Crippen molar-refractivity contribution in [2.45, 2.75) is 6.04 Å². The van der Waals surface area contributed by atoms with Gasteiger partial charge in [0.2, 0.25) is 0 Å². The van der Waals surface area contributed by atoms with Crippen molar-refractivity contribution in [3.05, 3.63) is 95.1 Å². The topological polar surface area (TPSA) is 78.0 Å². The number of fused-ring (bicyclic) bond motifs is 1. The van der Waals surface area contributed by atoms with Crippen molar-refractivity contribution in [3.8, 4) is 6.07 Å². The zero-order chi connectivity index (χ0) is 23.7. The van der Waals surface area contributed by atoms with Crippen LogP contribution in [0, 0.1) is 23.0 Å². The van der Waals surface area contributed by atoms with Crippen LogP contribution in [0.25, 0.3) is 11.0 Å². The number of piperazine rings is 1. The van der Waals surface area contributed by atoms with Gasteiger partial charge in [-0.25, -0.2) is 13.6 Å². The maximum absolute atomic E-state index is 13.5. The van der Waals surface area contributed by atoms with E-state index in [0.717, 1.165) is 11.1 Å². The third kappa shape index (κ3) is 4.11. The second-order valence-corrected chi connectivity index (χ2v) is 8.13. The largest absolute Gasteiger partial charge is 0.346 e. The minimum absolute atomic E-state index is 0.199. The summed E-state index contributed by atoms with van der Waals surface area (Å²) in [6, 6.07) is 19.1. The molecule has 7 nitrogen and oxygen atoms in total. The zero-order valence-electron chi connectivity index (χ0n) is 18.1. The van der Waals surface area contributed by atoms with Gasteiger partial charge in [-0.15, -0.1) is 5.10 Å². The van der Waals surface area contributed by atoms with Crippen molar-refractivity contribution < 1.29 is 13.6 Å². The average molecular weight is 458 g/mol. The standard InChI is InChI=1S/C25H20F2N6O/c26-20-6-2-18(3-7-20)24(19-4-8-21(27)9-5-19)31-11-13-32(14-12-31)25(34)33-23-10-1-17(16-28)15-22(23)29-30-33/h1-10,15,24H,11-14H2. The molecule has 0 atom stereocenters. The van der Waals surface area contributed by atoms with Crippen molar-refractivity contribution in [2.75, 3.05) is 26.2 Å². The molecule has 0 bridgehead atoms. The summed E-state index contributed by atoms with van der Waals surface area (Å²) in [5.41, 5.74) is 3.26. The summed E-state index contributed by atoms with van der Waals surface area (Å²) in [5, 5.41) is 17.1. The highest BCUT2D eigenvalue weighted by molar-refractivity contribution is 5.88. The maximum Gasteiger partial charge on any atom is 0.346 e. The van der Waals surface area contributed by atoms with Crippen LogP contribution >= 0.6 is 0 Å². The third-order valence-electron chi connectivity index (χ3n) is 6.08. The van der Waals surface area contributed by atoms with Crippen molar-refractivity contribution in [3.63, 3.8) is 0 Å². The molecule has 1 fully saturated rings. The molecule has 1 saturated heterocycles. The number of nitriles is 1.